The van der Waals surface area contributed by atoms with E-state index in [9.17, 15) is 19.5 Å². The first-order chi connectivity index (χ1) is 15.3. The molecule has 4 rings (SSSR count). The number of anilines is 1. The van der Waals surface area contributed by atoms with E-state index in [-0.39, 0.29) is 22.2 Å². The van der Waals surface area contributed by atoms with Crippen molar-refractivity contribution in [3.05, 3.63) is 22.3 Å². The summed E-state index contributed by atoms with van der Waals surface area (Å²) in [6.07, 6.45) is 2.16. The number of β-lactam (4-membered cyclic amide) rings is 1. The average molecular weight is 481 g/mol. The number of amides is 2. The summed E-state index contributed by atoms with van der Waals surface area (Å²) < 4.78 is 0. The van der Waals surface area contributed by atoms with Crippen molar-refractivity contribution in [2.24, 2.45) is 5.16 Å². The van der Waals surface area contributed by atoms with Gasteiger partial charge in [-0.05, 0) is 31.9 Å². The van der Waals surface area contributed by atoms with E-state index in [1.165, 1.54) is 23.8 Å². The molecule has 0 spiro atoms. The summed E-state index contributed by atoms with van der Waals surface area (Å²) >= 11 is 2.59. The molecule has 0 bridgehead atoms. The van der Waals surface area contributed by atoms with Crippen LogP contribution in [0.4, 0.5) is 5.13 Å². The molecule has 0 aliphatic carbocycles. The third-order valence-corrected chi connectivity index (χ3v) is 7.80. The highest BCUT2D eigenvalue weighted by Gasteiger charge is 2.54. The number of nitrogens with one attached hydrogen (secondary N) is 1. The average Bonchev–Trinajstić information content (AvgIpc) is 3.37. The molecule has 0 saturated carbocycles. The van der Waals surface area contributed by atoms with Crippen molar-refractivity contribution in [2.75, 3.05) is 31.7 Å². The number of hydrogen-bond donors (Lipinski definition) is 3. The molecule has 4 N–H and O–H groups in total. The number of fused-ring (bicyclic) bond motifs is 1. The molecule has 172 valence electrons. The second-order valence-electron chi connectivity index (χ2n) is 7.77. The number of likely N-dealkylation sites (tertiary alicyclic amines) is 1. The summed E-state index contributed by atoms with van der Waals surface area (Å²) in [7, 11) is 1.29. The minimum Gasteiger partial charge on any atom is -0.477 e. The van der Waals surface area contributed by atoms with E-state index in [0.717, 1.165) is 36.3 Å². The number of nitrogens with zero attached hydrogens (tertiary/aromatic N) is 4. The summed E-state index contributed by atoms with van der Waals surface area (Å²) in [6, 6.07) is -0.482. The fourth-order valence-electron chi connectivity index (χ4n) is 4.18. The smallest absolute Gasteiger partial charge is 0.352 e. The third-order valence-electron chi connectivity index (χ3n) is 5.78. The Bertz CT molecular complexity index is 1010. The first kappa shape index (κ1) is 22.6. The van der Waals surface area contributed by atoms with Crippen molar-refractivity contribution in [2.45, 2.75) is 37.2 Å². The van der Waals surface area contributed by atoms with Gasteiger partial charge in [-0.25, -0.2) is 9.78 Å². The van der Waals surface area contributed by atoms with Gasteiger partial charge in [0.25, 0.3) is 11.8 Å². The predicted octanol–water partition coefficient (Wildman–Crippen LogP) is 0.299. The quantitative estimate of drug-likeness (QED) is 0.284. The molecule has 13 heteroatoms. The number of carbonyl (C=O) groups is 3. The second kappa shape index (κ2) is 9.08. The minimum absolute atomic E-state index is 0.0291. The Morgan fingerprint density at radius 3 is 2.84 bits per heavy atom. The van der Waals surface area contributed by atoms with Crippen LogP contribution < -0.4 is 11.1 Å². The molecule has 32 heavy (non-hydrogen) atoms. The zero-order valence-corrected chi connectivity index (χ0v) is 19.2. The lowest BCUT2D eigenvalue weighted by Crippen LogP contribution is -2.71. The molecule has 2 saturated heterocycles. The molecule has 3 aliphatic heterocycles. The standard InChI is InChI=1S/C19H24N6O5S2/c1-9-4-3-5-24(9)6-10-7-31-17-13(16(27)25(17)14(10)18(28)29)22-15(26)12(23-30-2)11-8-32-19(20)21-11/h8-9,13,17H,3-7H2,1-2H3,(H2,20,21)(H,22,26)(H,28,29)/b23-12-/t9?,13?,17-/m0/s1. The molecule has 0 aromatic carbocycles. The Labute approximate surface area is 192 Å². The Balaban J connectivity index is 1.50. The maximum atomic E-state index is 12.9. The van der Waals surface area contributed by atoms with E-state index in [4.69, 9.17) is 10.6 Å². The molecular formula is C19H24N6O5S2. The number of carbonyl (C=O) groups excluding carboxylic acids is 2. The molecule has 2 fully saturated rings. The van der Waals surface area contributed by atoms with Gasteiger partial charge in [-0.15, -0.1) is 23.1 Å². The number of hydrogen-bond acceptors (Lipinski definition) is 10. The Kier molecular flexibility index (Phi) is 6.40. The number of aromatic nitrogens is 1. The number of nitrogen functional groups attached to an aromatic ring is 1. The van der Waals surface area contributed by atoms with Crippen molar-refractivity contribution in [1.29, 1.82) is 0 Å². The van der Waals surface area contributed by atoms with Gasteiger partial charge in [0.05, 0.1) is 0 Å². The van der Waals surface area contributed by atoms with E-state index in [1.54, 1.807) is 5.38 Å². The second-order valence-corrected chi connectivity index (χ2v) is 9.77. The normalized spacial score (nSPS) is 26.1. The molecule has 1 aromatic heterocycles. The van der Waals surface area contributed by atoms with Gasteiger partial charge in [-0.1, -0.05) is 5.16 Å². The number of nitrogens with two attached hydrogens (primary N) is 1. The van der Waals surface area contributed by atoms with Crippen molar-refractivity contribution in [1.82, 2.24) is 20.1 Å². The summed E-state index contributed by atoms with van der Waals surface area (Å²) in [5.74, 6) is -1.76. The van der Waals surface area contributed by atoms with E-state index in [2.05, 4.69) is 27.3 Å². The van der Waals surface area contributed by atoms with Crippen LogP contribution in [0.25, 0.3) is 0 Å². The highest BCUT2D eigenvalue weighted by molar-refractivity contribution is 8.00. The van der Waals surface area contributed by atoms with Gasteiger partial charge in [0, 0.05) is 23.7 Å². The summed E-state index contributed by atoms with van der Waals surface area (Å²) in [5, 5.41) is 17.5. The fraction of sp³-hybridized carbons (Fsp3) is 0.526. The molecule has 0 radical (unpaired) electrons. The molecule has 11 nitrogen and oxygen atoms in total. The van der Waals surface area contributed by atoms with E-state index in [0.29, 0.717) is 18.3 Å². The lowest BCUT2D eigenvalue weighted by molar-refractivity contribution is -0.150. The van der Waals surface area contributed by atoms with Gasteiger partial charge in [0.1, 0.15) is 29.9 Å². The highest BCUT2D eigenvalue weighted by Crippen LogP contribution is 2.41. The van der Waals surface area contributed by atoms with Gasteiger partial charge in [-0.2, -0.15) is 0 Å². The van der Waals surface area contributed by atoms with Crippen molar-refractivity contribution in [3.8, 4) is 0 Å². The molecule has 1 aromatic rings. The number of aliphatic carboxylic acids is 1. The third kappa shape index (κ3) is 4.07. The molecule has 3 atom stereocenters. The number of thioether (sulfide) groups is 1. The Morgan fingerprint density at radius 1 is 1.47 bits per heavy atom. The number of oxime groups is 1. The summed E-state index contributed by atoms with van der Waals surface area (Å²) in [5.41, 5.74) is 6.52. The van der Waals surface area contributed by atoms with Crippen LogP contribution in [0.3, 0.4) is 0 Å². The van der Waals surface area contributed by atoms with Crippen LogP contribution in [0.2, 0.25) is 0 Å². The lowest BCUT2D eigenvalue weighted by Gasteiger charge is -2.49. The number of carboxylic acid groups (broad SMARTS) is 1. The lowest BCUT2D eigenvalue weighted by atomic mass is 10.0. The van der Waals surface area contributed by atoms with Crippen molar-refractivity contribution >= 4 is 51.7 Å². The van der Waals surface area contributed by atoms with Gasteiger partial charge in [0.15, 0.2) is 10.8 Å². The highest BCUT2D eigenvalue weighted by atomic mass is 32.2. The molecule has 3 aliphatic rings. The molecular weight excluding hydrogens is 456 g/mol. The summed E-state index contributed by atoms with van der Waals surface area (Å²) in [6.45, 7) is 3.57. The van der Waals surface area contributed by atoms with Crippen LogP contribution in [0.1, 0.15) is 25.5 Å². The van der Waals surface area contributed by atoms with Crippen LogP contribution in [0, 0.1) is 0 Å². The van der Waals surface area contributed by atoms with Gasteiger partial charge >= 0.3 is 5.97 Å². The van der Waals surface area contributed by atoms with Crippen LogP contribution in [0.5, 0.6) is 0 Å². The van der Waals surface area contributed by atoms with Crippen LogP contribution >= 0.6 is 23.1 Å². The van der Waals surface area contributed by atoms with Crippen molar-refractivity contribution in [3.63, 3.8) is 0 Å². The first-order valence-electron chi connectivity index (χ1n) is 10.1. The zero-order chi connectivity index (χ0) is 23.0. The zero-order valence-electron chi connectivity index (χ0n) is 17.6. The fourth-order valence-corrected chi connectivity index (χ4v) is 6.06. The first-order valence-corrected chi connectivity index (χ1v) is 12.0. The maximum absolute atomic E-state index is 12.9. The van der Waals surface area contributed by atoms with Gasteiger partial charge in [-0.3, -0.25) is 19.4 Å². The maximum Gasteiger partial charge on any atom is 0.352 e. The largest absolute Gasteiger partial charge is 0.477 e. The van der Waals surface area contributed by atoms with E-state index in [1.807, 2.05) is 0 Å². The van der Waals surface area contributed by atoms with E-state index < -0.39 is 29.2 Å². The van der Waals surface area contributed by atoms with E-state index >= 15 is 0 Å². The Morgan fingerprint density at radius 2 is 2.25 bits per heavy atom. The van der Waals surface area contributed by atoms with Gasteiger partial charge < -0.3 is 21.0 Å². The molecule has 2 amide bonds. The SMILES string of the molecule is CO/N=C(\C(=O)NC1C(=O)N2C(C(=O)O)=C(CN3CCCC3C)CS[C@@H]12)c1csc(N)n1. The topological polar surface area (TPSA) is 150 Å². The minimum atomic E-state index is -1.13. The van der Waals surface area contributed by atoms with Crippen molar-refractivity contribution < 1.29 is 24.3 Å². The predicted molar refractivity (Wildman–Crippen MR) is 120 cm³/mol. The number of thiazole rings is 1. The Hall–Kier alpha value is -2.64. The van der Waals surface area contributed by atoms with Crippen LogP contribution in [0.15, 0.2) is 21.8 Å². The molecule has 4 heterocycles. The molecule has 2 unspecified atom stereocenters. The number of carboxylic acids is 1. The monoisotopic (exact) mass is 480 g/mol. The van der Waals surface area contributed by atoms with Gasteiger partial charge in [0.2, 0.25) is 0 Å². The summed E-state index contributed by atoms with van der Waals surface area (Å²) in [4.78, 5) is 50.1. The number of rotatable bonds is 7. The van der Waals surface area contributed by atoms with Crippen LogP contribution in [-0.4, -0.2) is 86.8 Å². The van der Waals surface area contributed by atoms with Crippen LogP contribution in [-0.2, 0) is 19.2 Å².